The molecule has 0 aliphatic heterocycles. The third kappa shape index (κ3) is 8.11. The number of sulfonamides is 1. The third-order valence-electron chi connectivity index (χ3n) is 7.92. The van der Waals surface area contributed by atoms with E-state index in [9.17, 15) is 18.0 Å². The van der Waals surface area contributed by atoms with Crippen molar-refractivity contribution in [2.24, 2.45) is 0 Å². The summed E-state index contributed by atoms with van der Waals surface area (Å²) in [6.45, 7) is 5.10. The first-order valence-electron chi connectivity index (χ1n) is 14.7. The van der Waals surface area contributed by atoms with Crippen LogP contribution in [0.1, 0.15) is 62.1 Å². The highest BCUT2D eigenvalue weighted by molar-refractivity contribution is 7.92. The molecule has 0 saturated heterocycles. The van der Waals surface area contributed by atoms with Crippen LogP contribution in [-0.2, 0) is 26.2 Å². The Morgan fingerprint density at radius 1 is 0.930 bits per heavy atom. The number of carbonyl (C=O) groups is 2. The van der Waals surface area contributed by atoms with Crippen molar-refractivity contribution in [3.63, 3.8) is 0 Å². The van der Waals surface area contributed by atoms with E-state index in [2.05, 4.69) is 5.32 Å². The van der Waals surface area contributed by atoms with Crippen LogP contribution in [0.25, 0.3) is 0 Å². The number of anilines is 1. The molecule has 0 bridgehead atoms. The van der Waals surface area contributed by atoms with Gasteiger partial charge in [0.1, 0.15) is 12.6 Å². The lowest BCUT2D eigenvalue weighted by molar-refractivity contribution is -0.140. The molecule has 0 spiro atoms. The molecular weight excluding hydrogens is 605 g/mol. The molecule has 10 heteroatoms. The molecule has 43 heavy (non-hydrogen) atoms. The quantitative estimate of drug-likeness (QED) is 0.242. The molecule has 0 heterocycles. The van der Waals surface area contributed by atoms with E-state index >= 15 is 0 Å². The van der Waals surface area contributed by atoms with Crippen LogP contribution in [0.5, 0.6) is 0 Å². The molecule has 1 atom stereocenters. The van der Waals surface area contributed by atoms with Crippen molar-refractivity contribution in [3.05, 3.63) is 93.5 Å². The number of nitrogens with one attached hydrogen (secondary N) is 1. The number of aryl methyl sites for hydroxylation is 2. The number of hydrogen-bond donors (Lipinski definition) is 1. The van der Waals surface area contributed by atoms with Crippen molar-refractivity contribution in [2.75, 3.05) is 10.8 Å². The zero-order valence-corrected chi connectivity index (χ0v) is 27.2. The van der Waals surface area contributed by atoms with Gasteiger partial charge in [-0.05, 0) is 80.1 Å². The second-order valence-corrected chi connectivity index (χ2v) is 13.8. The van der Waals surface area contributed by atoms with E-state index in [1.807, 2.05) is 32.9 Å². The summed E-state index contributed by atoms with van der Waals surface area (Å²) in [6, 6.07) is 17.9. The number of carbonyl (C=O) groups excluding carboxylic acids is 2. The second-order valence-electron chi connectivity index (χ2n) is 11.2. The van der Waals surface area contributed by atoms with Crippen LogP contribution in [-0.4, -0.2) is 43.8 Å². The Kier molecular flexibility index (Phi) is 11.2. The van der Waals surface area contributed by atoms with Crippen molar-refractivity contribution in [1.29, 1.82) is 0 Å². The van der Waals surface area contributed by atoms with Crippen LogP contribution < -0.4 is 9.62 Å². The number of nitrogens with zero attached hydrogens (tertiary/aromatic N) is 2. The Labute approximate surface area is 265 Å². The van der Waals surface area contributed by atoms with Gasteiger partial charge in [0, 0.05) is 12.6 Å². The van der Waals surface area contributed by atoms with Crippen LogP contribution >= 0.6 is 23.2 Å². The molecular formula is C33H39Cl2N3O4S. The molecule has 1 aliphatic rings. The predicted molar refractivity (Wildman–Crippen MR) is 173 cm³/mol. The standard InChI is InChI=1S/C33H39Cl2N3O4S/c1-4-30(33(40)36-26-11-7-5-8-12-26)37(21-25-17-18-28(34)29(35)20-25)32(39)22-38(31-19-23(2)15-16-24(31)3)43(41,42)27-13-9-6-10-14-27/h6,9-10,13-20,26,30H,4-5,7-8,11-12,21-22H2,1-3H3,(H,36,40)/t30-/m1/s1. The van der Waals surface area contributed by atoms with E-state index < -0.39 is 28.5 Å². The van der Waals surface area contributed by atoms with Crippen molar-refractivity contribution < 1.29 is 18.0 Å². The molecule has 0 aromatic heterocycles. The lowest BCUT2D eigenvalue weighted by atomic mass is 9.95. The van der Waals surface area contributed by atoms with Gasteiger partial charge in [0.25, 0.3) is 10.0 Å². The smallest absolute Gasteiger partial charge is 0.264 e. The minimum Gasteiger partial charge on any atom is -0.352 e. The number of amides is 2. The molecule has 3 aromatic rings. The summed E-state index contributed by atoms with van der Waals surface area (Å²) >= 11 is 12.5. The predicted octanol–water partition coefficient (Wildman–Crippen LogP) is 7.06. The fourth-order valence-electron chi connectivity index (χ4n) is 5.52. The van der Waals surface area contributed by atoms with Gasteiger partial charge in [-0.25, -0.2) is 8.42 Å². The lowest BCUT2D eigenvalue weighted by Crippen LogP contribution is -2.54. The van der Waals surface area contributed by atoms with E-state index in [-0.39, 0.29) is 23.4 Å². The SMILES string of the molecule is CC[C@H](C(=O)NC1CCCCC1)N(Cc1ccc(Cl)c(Cl)c1)C(=O)CN(c1cc(C)ccc1C)S(=O)(=O)c1ccccc1. The number of benzene rings is 3. The van der Waals surface area contributed by atoms with E-state index in [1.54, 1.807) is 42.5 Å². The molecule has 1 fully saturated rings. The van der Waals surface area contributed by atoms with Crippen molar-refractivity contribution in [3.8, 4) is 0 Å². The van der Waals surface area contributed by atoms with Gasteiger partial charge >= 0.3 is 0 Å². The zero-order valence-electron chi connectivity index (χ0n) is 24.9. The molecule has 1 N–H and O–H groups in total. The summed E-state index contributed by atoms with van der Waals surface area (Å²) in [6.07, 6.45) is 5.40. The third-order valence-corrected chi connectivity index (χ3v) is 10.4. The fraction of sp³-hybridized carbons (Fsp3) is 0.394. The highest BCUT2D eigenvalue weighted by atomic mass is 35.5. The number of hydrogen-bond acceptors (Lipinski definition) is 4. The average Bonchev–Trinajstić information content (AvgIpc) is 2.99. The zero-order chi connectivity index (χ0) is 31.1. The van der Waals surface area contributed by atoms with Crippen LogP contribution in [0.2, 0.25) is 10.0 Å². The topological polar surface area (TPSA) is 86.8 Å². The second kappa shape index (κ2) is 14.6. The van der Waals surface area contributed by atoms with Crippen molar-refractivity contribution in [1.82, 2.24) is 10.2 Å². The molecule has 230 valence electrons. The first-order valence-corrected chi connectivity index (χ1v) is 16.9. The van der Waals surface area contributed by atoms with Gasteiger partial charge in [-0.15, -0.1) is 0 Å². The molecule has 1 aliphatic carbocycles. The first-order chi connectivity index (χ1) is 20.5. The Morgan fingerprint density at radius 2 is 1.63 bits per heavy atom. The Morgan fingerprint density at radius 3 is 2.28 bits per heavy atom. The van der Waals surface area contributed by atoms with Crippen LogP contribution in [0.4, 0.5) is 5.69 Å². The van der Waals surface area contributed by atoms with Gasteiger partial charge in [-0.3, -0.25) is 13.9 Å². The summed E-state index contributed by atoms with van der Waals surface area (Å²) in [7, 11) is -4.14. The Balaban J connectivity index is 1.74. The minimum atomic E-state index is -4.14. The van der Waals surface area contributed by atoms with Crippen molar-refractivity contribution in [2.45, 2.75) is 82.8 Å². The van der Waals surface area contributed by atoms with Gasteiger partial charge in [0.2, 0.25) is 11.8 Å². The molecule has 0 unspecified atom stereocenters. The highest BCUT2D eigenvalue weighted by Gasteiger charge is 2.35. The maximum absolute atomic E-state index is 14.3. The van der Waals surface area contributed by atoms with Gasteiger partial charge in [-0.1, -0.05) is 85.8 Å². The number of rotatable bonds is 11. The minimum absolute atomic E-state index is 0.0539. The Bertz CT molecular complexity index is 1540. The molecule has 4 rings (SSSR count). The highest BCUT2D eigenvalue weighted by Crippen LogP contribution is 2.29. The van der Waals surface area contributed by atoms with Crippen LogP contribution in [0, 0.1) is 13.8 Å². The fourth-order valence-corrected chi connectivity index (χ4v) is 7.33. The molecule has 0 radical (unpaired) electrons. The van der Waals surface area contributed by atoms with Gasteiger partial charge in [-0.2, -0.15) is 0 Å². The van der Waals surface area contributed by atoms with E-state index in [0.29, 0.717) is 33.3 Å². The molecule has 1 saturated carbocycles. The summed E-state index contributed by atoms with van der Waals surface area (Å²) in [5.74, 6) is -0.746. The normalized spacial score (nSPS) is 14.6. The van der Waals surface area contributed by atoms with E-state index in [0.717, 1.165) is 42.0 Å². The summed E-state index contributed by atoms with van der Waals surface area (Å²) < 4.78 is 29.3. The first kappa shape index (κ1) is 32.8. The van der Waals surface area contributed by atoms with Gasteiger partial charge in [0.05, 0.1) is 20.6 Å². The van der Waals surface area contributed by atoms with Crippen molar-refractivity contribution >= 4 is 50.7 Å². The van der Waals surface area contributed by atoms with Crippen LogP contribution in [0.15, 0.2) is 71.6 Å². The molecule has 2 amide bonds. The monoisotopic (exact) mass is 643 g/mol. The van der Waals surface area contributed by atoms with E-state index in [4.69, 9.17) is 23.2 Å². The average molecular weight is 645 g/mol. The summed E-state index contributed by atoms with van der Waals surface area (Å²) in [5.41, 5.74) is 2.64. The maximum atomic E-state index is 14.3. The van der Waals surface area contributed by atoms with Crippen LogP contribution in [0.3, 0.4) is 0 Å². The molecule has 3 aromatic carbocycles. The number of halogens is 2. The molecule has 7 nitrogen and oxygen atoms in total. The largest absolute Gasteiger partial charge is 0.352 e. The lowest BCUT2D eigenvalue weighted by Gasteiger charge is -2.35. The van der Waals surface area contributed by atoms with Gasteiger partial charge in [0.15, 0.2) is 0 Å². The van der Waals surface area contributed by atoms with E-state index in [1.165, 1.54) is 17.0 Å². The maximum Gasteiger partial charge on any atom is 0.264 e. The summed E-state index contributed by atoms with van der Waals surface area (Å²) in [5, 5.41) is 3.86. The van der Waals surface area contributed by atoms with Gasteiger partial charge < -0.3 is 10.2 Å². The summed E-state index contributed by atoms with van der Waals surface area (Å²) in [4.78, 5) is 29.6. The Hall–Kier alpha value is -3.07.